The van der Waals surface area contributed by atoms with Crippen molar-refractivity contribution in [2.24, 2.45) is 0 Å². The molecule has 7 nitrogen and oxygen atoms in total. The van der Waals surface area contributed by atoms with E-state index in [9.17, 15) is 18.5 Å². The minimum absolute atomic E-state index is 0. The number of nitrogens with zero attached hydrogens (tertiary/aromatic N) is 2. The van der Waals surface area contributed by atoms with Crippen molar-refractivity contribution in [2.45, 2.75) is 30.7 Å². The van der Waals surface area contributed by atoms with Crippen LogP contribution in [0.3, 0.4) is 0 Å². The third kappa shape index (κ3) is 3.75. The quantitative estimate of drug-likeness (QED) is 0.659. The Kier molecular flexibility index (Phi) is 6.30. The lowest BCUT2D eigenvalue weighted by Gasteiger charge is -2.31. The number of rotatable bonds is 4. The Morgan fingerprint density at radius 1 is 1.32 bits per heavy atom. The Morgan fingerprint density at radius 3 is 2.36 bits per heavy atom. The van der Waals surface area contributed by atoms with E-state index in [4.69, 9.17) is 0 Å². The second-order valence-corrected chi connectivity index (χ2v) is 7.11. The second-order valence-electron chi connectivity index (χ2n) is 5.17. The maximum Gasteiger partial charge on any atom is 0.272 e. The summed E-state index contributed by atoms with van der Waals surface area (Å²) >= 11 is 0. The molecule has 0 bridgehead atoms. The Bertz CT molecular complexity index is 643. The fraction of sp³-hybridized carbons (Fsp3) is 0.538. The van der Waals surface area contributed by atoms with E-state index in [1.165, 1.54) is 22.5 Å². The van der Waals surface area contributed by atoms with Crippen molar-refractivity contribution >= 4 is 28.1 Å². The van der Waals surface area contributed by atoms with Crippen molar-refractivity contribution in [1.29, 1.82) is 0 Å². The van der Waals surface area contributed by atoms with E-state index >= 15 is 0 Å². The number of piperidine rings is 1. The molecule has 22 heavy (non-hydrogen) atoms. The molecule has 1 N–H and O–H groups in total. The monoisotopic (exact) mass is 349 g/mol. The molecule has 0 saturated carbocycles. The molecule has 0 radical (unpaired) electrons. The van der Waals surface area contributed by atoms with Crippen LogP contribution in [0.15, 0.2) is 23.1 Å². The number of nitrogens with one attached hydrogen (secondary N) is 1. The summed E-state index contributed by atoms with van der Waals surface area (Å²) in [5.41, 5.74) is 0.286. The number of halogens is 1. The maximum absolute atomic E-state index is 12.6. The molecule has 1 aromatic rings. The fourth-order valence-corrected chi connectivity index (χ4v) is 4.08. The van der Waals surface area contributed by atoms with Crippen molar-refractivity contribution < 1.29 is 13.3 Å². The normalized spacial score (nSPS) is 17.0. The van der Waals surface area contributed by atoms with Gasteiger partial charge in [-0.1, -0.05) is 0 Å². The first kappa shape index (κ1) is 18.8. The van der Waals surface area contributed by atoms with Gasteiger partial charge in [0.15, 0.2) is 0 Å². The molecule has 1 saturated heterocycles. The molecule has 1 heterocycles. The van der Waals surface area contributed by atoms with Gasteiger partial charge in [0, 0.05) is 30.8 Å². The summed E-state index contributed by atoms with van der Waals surface area (Å²) in [7, 11) is -1.71. The number of benzene rings is 1. The van der Waals surface area contributed by atoms with Gasteiger partial charge in [-0.05, 0) is 38.9 Å². The average Bonchev–Trinajstić information content (AvgIpc) is 2.46. The zero-order chi connectivity index (χ0) is 15.6. The summed E-state index contributed by atoms with van der Waals surface area (Å²) in [6.45, 7) is 2.47. The van der Waals surface area contributed by atoms with Crippen LogP contribution >= 0.6 is 12.4 Å². The number of hydrogen-bond donors (Lipinski definition) is 1. The molecule has 0 atom stereocenters. The van der Waals surface area contributed by atoms with Crippen LogP contribution in [0.2, 0.25) is 0 Å². The third-order valence-corrected chi connectivity index (χ3v) is 5.76. The van der Waals surface area contributed by atoms with Gasteiger partial charge in [-0.2, -0.15) is 4.31 Å². The summed E-state index contributed by atoms with van der Waals surface area (Å²) in [4.78, 5) is 10.4. The molecule has 124 valence electrons. The van der Waals surface area contributed by atoms with E-state index in [-0.39, 0.29) is 23.0 Å². The van der Waals surface area contributed by atoms with Crippen molar-refractivity contribution in [1.82, 2.24) is 9.62 Å². The van der Waals surface area contributed by atoms with Crippen molar-refractivity contribution in [2.75, 3.05) is 20.1 Å². The number of sulfonamides is 1. The summed E-state index contributed by atoms with van der Waals surface area (Å²) < 4.78 is 26.5. The van der Waals surface area contributed by atoms with Gasteiger partial charge in [-0.15, -0.1) is 12.4 Å². The third-order valence-electron chi connectivity index (χ3n) is 3.86. The molecule has 2 rings (SSSR count). The van der Waals surface area contributed by atoms with E-state index in [0.717, 1.165) is 12.8 Å². The van der Waals surface area contributed by atoms with Gasteiger partial charge >= 0.3 is 0 Å². The molecule has 0 aliphatic carbocycles. The van der Waals surface area contributed by atoms with Gasteiger partial charge in [0.2, 0.25) is 10.0 Å². The van der Waals surface area contributed by atoms with Gasteiger partial charge in [0.1, 0.15) is 0 Å². The van der Waals surface area contributed by atoms with Gasteiger partial charge in [-0.25, -0.2) is 8.42 Å². The predicted octanol–water partition coefficient (Wildman–Crippen LogP) is 1.70. The van der Waals surface area contributed by atoms with Crippen LogP contribution in [0, 0.1) is 17.0 Å². The van der Waals surface area contributed by atoms with Gasteiger partial charge < -0.3 is 5.32 Å². The fourth-order valence-electron chi connectivity index (χ4n) is 2.53. The first-order valence-electron chi connectivity index (χ1n) is 6.78. The van der Waals surface area contributed by atoms with E-state index in [1.54, 1.807) is 6.92 Å². The van der Waals surface area contributed by atoms with E-state index in [1.807, 2.05) is 7.05 Å². The highest BCUT2D eigenvalue weighted by molar-refractivity contribution is 7.89. The predicted molar refractivity (Wildman–Crippen MR) is 85.9 cm³/mol. The molecular weight excluding hydrogens is 330 g/mol. The molecule has 1 fully saturated rings. The molecule has 0 unspecified atom stereocenters. The highest BCUT2D eigenvalue weighted by Crippen LogP contribution is 2.25. The lowest BCUT2D eigenvalue weighted by molar-refractivity contribution is -0.385. The van der Waals surface area contributed by atoms with Crippen LogP contribution in [0.5, 0.6) is 0 Å². The molecule has 0 spiro atoms. The number of aryl methyl sites for hydroxylation is 1. The Balaban J connectivity index is 0.00000242. The maximum atomic E-state index is 12.6. The van der Waals surface area contributed by atoms with Gasteiger partial charge in [0.05, 0.1) is 9.82 Å². The summed E-state index contributed by atoms with van der Waals surface area (Å²) in [5.74, 6) is 0. The Morgan fingerprint density at radius 2 is 1.91 bits per heavy atom. The zero-order valence-electron chi connectivity index (χ0n) is 12.5. The van der Waals surface area contributed by atoms with Crippen molar-refractivity contribution in [3.8, 4) is 0 Å². The molecular formula is C13H20ClN3O4S. The largest absolute Gasteiger partial charge is 0.317 e. The first-order chi connectivity index (χ1) is 9.86. The molecule has 9 heteroatoms. The van der Waals surface area contributed by atoms with Crippen LogP contribution in [0.4, 0.5) is 5.69 Å². The SMILES string of the molecule is CNC1CCN(S(=O)(=O)c2ccc([N+](=O)[O-])c(C)c2)CC1.Cl. The topological polar surface area (TPSA) is 92.6 Å². The van der Waals surface area contributed by atoms with Crippen molar-refractivity contribution in [3.63, 3.8) is 0 Å². The molecule has 0 aromatic heterocycles. The van der Waals surface area contributed by atoms with Gasteiger partial charge in [0.25, 0.3) is 5.69 Å². The van der Waals surface area contributed by atoms with Crippen LogP contribution in [-0.2, 0) is 10.0 Å². The summed E-state index contributed by atoms with van der Waals surface area (Å²) in [6, 6.07) is 4.28. The van der Waals surface area contributed by atoms with Crippen molar-refractivity contribution in [3.05, 3.63) is 33.9 Å². The van der Waals surface area contributed by atoms with Gasteiger partial charge in [-0.3, -0.25) is 10.1 Å². The minimum atomic E-state index is -3.58. The van der Waals surface area contributed by atoms with E-state index in [2.05, 4.69) is 5.32 Å². The lowest BCUT2D eigenvalue weighted by Crippen LogP contribution is -2.43. The first-order valence-corrected chi connectivity index (χ1v) is 8.22. The number of nitro benzene ring substituents is 1. The Labute approximate surface area is 136 Å². The highest BCUT2D eigenvalue weighted by Gasteiger charge is 2.29. The minimum Gasteiger partial charge on any atom is -0.317 e. The smallest absolute Gasteiger partial charge is 0.272 e. The molecule has 1 aromatic carbocycles. The zero-order valence-corrected chi connectivity index (χ0v) is 14.1. The average molecular weight is 350 g/mol. The van der Waals surface area contributed by atoms with Crippen LogP contribution < -0.4 is 5.32 Å². The van der Waals surface area contributed by atoms with Crippen LogP contribution in [-0.4, -0.2) is 43.8 Å². The lowest BCUT2D eigenvalue weighted by atomic mass is 10.1. The summed E-state index contributed by atoms with van der Waals surface area (Å²) in [5, 5.41) is 13.9. The standard InChI is InChI=1S/C13H19N3O4S.ClH/c1-10-9-12(3-4-13(10)16(17)18)21(19,20)15-7-5-11(14-2)6-8-15;/h3-4,9,11,14H,5-8H2,1-2H3;1H. The number of hydrogen-bond acceptors (Lipinski definition) is 5. The van der Waals surface area contributed by atoms with Crippen LogP contribution in [0.25, 0.3) is 0 Å². The van der Waals surface area contributed by atoms with E-state index in [0.29, 0.717) is 24.7 Å². The summed E-state index contributed by atoms with van der Waals surface area (Å²) in [6.07, 6.45) is 1.53. The number of nitro groups is 1. The van der Waals surface area contributed by atoms with E-state index < -0.39 is 14.9 Å². The molecule has 0 amide bonds. The Hall–Kier alpha value is -1.22. The molecule has 1 aliphatic rings. The second kappa shape index (κ2) is 7.36. The highest BCUT2D eigenvalue weighted by atomic mass is 35.5. The van der Waals surface area contributed by atoms with Crippen LogP contribution in [0.1, 0.15) is 18.4 Å². The molecule has 1 aliphatic heterocycles.